The number of fused-ring (bicyclic) bond motifs is 1. The van der Waals surface area contributed by atoms with Crippen LogP contribution in [0.1, 0.15) is 49.0 Å². The van der Waals surface area contributed by atoms with Crippen molar-refractivity contribution in [3.05, 3.63) is 46.5 Å². The zero-order valence-corrected chi connectivity index (χ0v) is 19.8. The third-order valence-corrected chi connectivity index (χ3v) is 6.33. The van der Waals surface area contributed by atoms with Crippen LogP contribution >= 0.6 is 11.6 Å². The summed E-state index contributed by atoms with van der Waals surface area (Å²) in [7, 11) is 0. The Morgan fingerprint density at radius 1 is 1.09 bits per heavy atom. The maximum atomic E-state index is 13.1. The first-order valence-corrected chi connectivity index (χ1v) is 11.8. The van der Waals surface area contributed by atoms with E-state index >= 15 is 0 Å². The van der Waals surface area contributed by atoms with Gasteiger partial charge < -0.3 is 29.0 Å². The van der Waals surface area contributed by atoms with Crippen molar-refractivity contribution >= 4 is 17.5 Å². The topological polar surface area (TPSA) is 75.3 Å². The molecule has 33 heavy (non-hydrogen) atoms. The molecule has 0 aromatic heterocycles. The van der Waals surface area contributed by atoms with Crippen LogP contribution in [0.5, 0.6) is 23.0 Å². The average Bonchev–Trinajstić information content (AvgIpc) is 3.31. The van der Waals surface area contributed by atoms with E-state index in [9.17, 15) is 4.79 Å². The maximum Gasteiger partial charge on any atom is 0.251 e. The first-order chi connectivity index (χ1) is 16.1. The first-order valence-electron chi connectivity index (χ1n) is 11.4. The summed E-state index contributed by atoms with van der Waals surface area (Å²) in [6.07, 6.45) is 2.43. The molecule has 1 fully saturated rings. The van der Waals surface area contributed by atoms with Gasteiger partial charge in [-0.1, -0.05) is 24.6 Å². The van der Waals surface area contributed by atoms with Gasteiger partial charge in [0.05, 0.1) is 18.2 Å². The summed E-state index contributed by atoms with van der Waals surface area (Å²) in [6.45, 7) is 6.81. The van der Waals surface area contributed by atoms with Gasteiger partial charge in [-0.2, -0.15) is 0 Å². The lowest BCUT2D eigenvalue weighted by Crippen LogP contribution is -2.44. The minimum absolute atomic E-state index is 0.216. The van der Waals surface area contributed by atoms with Crippen molar-refractivity contribution in [1.82, 2.24) is 5.32 Å². The Morgan fingerprint density at radius 3 is 2.64 bits per heavy atom. The van der Waals surface area contributed by atoms with Crippen molar-refractivity contribution in [2.75, 3.05) is 39.8 Å². The summed E-state index contributed by atoms with van der Waals surface area (Å²) in [4.78, 5) is 13.1. The molecule has 0 spiro atoms. The summed E-state index contributed by atoms with van der Waals surface area (Å²) >= 11 is 6.45. The van der Waals surface area contributed by atoms with Crippen molar-refractivity contribution in [2.45, 2.75) is 38.5 Å². The second kappa shape index (κ2) is 10.5. The van der Waals surface area contributed by atoms with Crippen molar-refractivity contribution in [2.24, 2.45) is 0 Å². The summed E-state index contributed by atoms with van der Waals surface area (Å²) in [6, 6.07) is 9.31. The molecule has 1 saturated heterocycles. The number of ether oxygens (including phenoxy) is 5. The summed E-state index contributed by atoms with van der Waals surface area (Å²) in [5.41, 5.74) is 1.28. The number of rotatable bonds is 9. The molecular weight excluding hydrogens is 446 g/mol. The normalized spacial score (nSPS) is 16.3. The number of hydrogen-bond acceptors (Lipinski definition) is 6. The maximum absolute atomic E-state index is 13.1. The van der Waals surface area contributed by atoms with Crippen LogP contribution in [0.25, 0.3) is 0 Å². The van der Waals surface area contributed by atoms with E-state index in [0.717, 1.165) is 36.3 Å². The lowest BCUT2D eigenvalue weighted by molar-refractivity contribution is 0.0486. The monoisotopic (exact) mass is 475 g/mol. The fourth-order valence-electron chi connectivity index (χ4n) is 4.21. The first kappa shape index (κ1) is 23.5. The lowest BCUT2D eigenvalue weighted by Gasteiger charge is -2.38. The minimum Gasteiger partial charge on any atom is -0.490 e. The largest absolute Gasteiger partial charge is 0.490 e. The molecule has 0 unspecified atom stereocenters. The van der Waals surface area contributed by atoms with E-state index in [-0.39, 0.29) is 18.1 Å². The Bertz CT molecular complexity index is 989. The van der Waals surface area contributed by atoms with E-state index < -0.39 is 0 Å². The molecule has 178 valence electrons. The van der Waals surface area contributed by atoms with Gasteiger partial charge in [-0.25, -0.2) is 0 Å². The van der Waals surface area contributed by atoms with Gasteiger partial charge in [0, 0.05) is 30.7 Å². The Kier molecular flexibility index (Phi) is 7.50. The van der Waals surface area contributed by atoms with Gasteiger partial charge in [-0.05, 0) is 56.0 Å². The molecular formula is C25H30ClNO6. The number of hydrogen-bond donors (Lipinski definition) is 1. The molecule has 2 aromatic rings. The zero-order chi connectivity index (χ0) is 23.3. The van der Waals surface area contributed by atoms with Crippen LogP contribution in [0.4, 0.5) is 0 Å². The highest BCUT2D eigenvalue weighted by Crippen LogP contribution is 2.41. The van der Waals surface area contributed by atoms with E-state index in [4.69, 9.17) is 35.3 Å². The summed E-state index contributed by atoms with van der Waals surface area (Å²) < 4.78 is 28.1. The van der Waals surface area contributed by atoms with Crippen LogP contribution in [0.15, 0.2) is 30.3 Å². The molecule has 2 aromatic carbocycles. The molecule has 0 atom stereocenters. The predicted molar refractivity (Wildman–Crippen MR) is 125 cm³/mol. The number of carbonyl (C=O) groups excluding carboxylic acids is 1. The smallest absolute Gasteiger partial charge is 0.251 e. The average molecular weight is 476 g/mol. The number of amides is 1. The van der Waals surface area contributed by atoms with Gasteiger partial charge in [0.1, 0.15) is 0 Å². The minimum atomic E-state index is -0.258. The molecule has 0 aliphatic carbocycles. The molecule has 2 aliphatic rings. The Hall–Kier alpha value is -2.64. The van der Waals surface area contributed by atoms with Gasteiger partial charge in [0.25, 0.3) is 5.91 Å². The van der Waals surface area contributed by atoms with Gasteiger partial charge in [0.2, 0.25) is 6.79 Å². The molecule has 0 saturated carbocycles. The third-order valence-electron chi connectivity index (χ3n) is 6.04. The highest BCUT2D eigenvalue weighted by atomic mass is 35.5. The lowest BCUT2D eigenvalue weighted by atomic mass is 9.74. The van der Waals surface area contributed by atoms with Crippen LogP contribution in [-0.4, -0.2) is 45.7 Å². The van der Waals surface area contributed by atoms with Crippen LogP contribution in [-0.2, 0) is 10.2 Å². The molecule has 1 N–H and O–H groups in total. The van der Waals surface area contributed by atoms with Crippen LogP contribution in [0.2, 0.25) is 5.02 Å². The predicted octanol–water partition coefficient (Wildman–Crippen LogP) is 4.73. The molecule has 1 amide bonds. The molecule has 2 aliphatic heterocycles. The zero-order valence-electron chi connectivity index (χ0n) is 19.1. The Balaban J connectivity index is 1.54. The molecule has 2 heterocycles. The fraction of sp³-hybridized carbons (Fsp3) is 0.480. The van der Waals surface area contributed by atoms with E-state index in [1.54, 1.807) is 12.1 Å². The van der Waals surface area contributed by atoms with Crippen molar-refractivity contribution in [1.29, 1.82) is 0 Å². The highest BCUT2D eigenvalue weighted by molar-refractivity contribution is 6.32. The SMILES string of the molecule is CCCOc1c(Cl)cc(C(=O)NCC2(c3ccc4c(c3)OCO4)CCOCC2)cc1OCC. The molecule has 7 nitrogen and oxygen atoms in total. The van der Waals surface area contributed by atoms with Gasteiger partial charge in [-0.15, -0.1) is 0 Å². The Labute approximate surface area is 199 Å². The number of halogens is 1. The summed E-state index contributed by atoms with van der Waals surface area (Å²) in [5, 5.41) is 3.47. The van der Waals surface area contributed by atoms with Gasteiger partial charge >= 0.3 is 0 Å². The van der Waals surface area contributed by atoms with Gasteiger partial charge in [-0.3, -0.25) is 4.79 Å². The van der Waals surface area contributed by atoms with E-state index in [2.05, 4.69) is 11.4 Å². The van der Waals surface area contributed by atoms with E-state index in [0.29, 0.717) is 55.1 Å². The number of carbonyl (C=O) groups is 1. The van der Waals surface area contributed by atoms with Crippen LogP contribution < -0.4 is 24.3 Å². The molecule has 0 bridgehead atoms. The van der Waals surface area contributed by atoms with Crippen molar-refractivity contribution in [3.8, 4) is 23.0 Å². The molecule has 4 rings (SSSR count). The highest BCUT2D eigenvalue weighted by Gasteiger charge is 2.36. The summed E-state index contributed by atoms with van der Waals surface area (Å²) in [5.74, 6) is 2.21. The fourth-order valence-corrected chi connectivity index (χ4v) is 4.48. The number of nitrogens with one attached hydrogen (secondary N) is 1. The third kappa shape index (κ3) is 5.14. The standard InChI is InChI=1S/C25H30ClNO6/c1-3-9-31-23-19(26)12-17(13-22(23)30-4-2)24(28)27-15-25(7-10-29-11-8-25)18-5-6-20-21(14-18)33-16-32-20/h5-6,12-14H,3-4,7-11,15-16H2,1-2H3,(H,27,28). The van der Waals surface area contributed by atoms with E-state index in [1.807, 2.05) is 26.0 Å². The number of benzene rings is 2. The second-order valence-corrected chi connectivity index (χ2v) is 8.62. The Morgan fingerprint density at radius 2 is 1.88 bits per heavy atom. The van der Waals surface area contributed by atoms with Crippen molar-refractivity contribution < 1.29 is 28.5 Å². The second-order valence-electron chi connectivity index (χ2n) is 8.21. The molecule has 8 heteroatoms. The van der Waals surface area contributed by atoms with Gasteiger partial charge in [0.15, 0.2) is 23.0 Å². The quantitative estimate of drug-likeness (QED) is 0.565. The van der Waals surface area contributed by atoms with Crippen molar-refractivity contribution in [3.63, 3.8) is 0 Å². The van der Waals surface area contributed by atoms with E-state index in [1.165, 1.54) is 0 Å². The van der Waals surface area contributed by atoms with Crippen LogP contribution in [0.3, 0.4) is 0 Å². The van der Waals surface area contributed by atoms with Crippen LogP contribution in [0, 0.1) is 0 Å². The molecule has 0 radical (unpaired) electrons.